The minimum absolute atomic E-state index is 0.271. The Balaban J connectivity index is 1.76. The fourth-order valence-electron chi connectivity index (χ4n) is 3.53. The van der Waals surface area contributed by atoms with Crippen LogP contribution in [0.25, 0.3) is 11.1 Å². The Hall–Kier alpha value is -2.66. The number of rotatable bonds is 5. The summed E-state index contributed by atoms with van der Waals surface area (Å²) in [6.45, 7) is 2.49. The van der Waals surface area contributed by atoms with Crippen molar-refractivity contribution >= 4 is 11.9 Å². The molecule has 3 rings (SSSR count). The summed E-state index contributed by atoms with van der Waals surface area (Å²) in [4.78, 5) is 26.1. The maximum atomic E-state index is 12.8. The van der Waals surface area contributed by atoms with Crippen molar-refractivity contribution in [2.75, 3.05) is 13.7 Å². The zero-order valence-corrected chi connectivity index (χ0v) is 15.7. The van der Waals surface area contributed by atoms with Crippen LogP contribution in [0.2, 0.25) is 0 Å². The van der Waals surface area contributed by atoms with Crippen molar-refractivity contribution in [1.82, 2.24) is 4.90 Å². The lowest BCUT2D eigenvalue weighted by Gasteiger charge is -2.24. The van der Waals surface area contributed by atoms with Crippen molar-refractivity contribution in [2.45, 2.75) is 38.3 Å². The van der Waals surface area contributed by atoms with E-state index in [-0.39, 0.29) is 5.91 Å². The topological polar surface area (TPSA) is 66.8 Å². The van der Waals surface area contributed by atoms with Crippen molar-refractivity contribution in [2.24, 2.45) is 0 Å². The Bertz CT molecular complexity index is 798. The first-order valence-corrected chi connectivity index (χ1v) is 9.31. The molecule has 142 valence electrons. The second kappa shape index (κ2) is 8.35. The molecule has 0 radical (unpaired) electrons. The molecule has 1 aliphatic heterocycles. The highest BCUT2D eigenvalue weighted by atomic mass is 16.5. The van der Waals surface area contributed by atoms with Gasteiger partial charge in [0.05, 0.1) is 13.2 Å². The number of benzene rings is 2. The third-order valence-electron chi connectivity index (χ3n) is 5.03. The van der Waals surface area contributed by atoms with Crippen LogP contribution in [0.15, 0.2) is 48.5 Å². The molecule has 2 aromatic carbocycles. The average Bonchev–Trinajstić information content (AvgIpc) is 3.09. The summed E-state index contributed by atoms with van der Waals surface area (Å²) in [5.74, 6) is -0.857. The minimum Gasteiger partial charge on any atom is -0.467 e. The summed E-state index contributed by atoms with van der Waals surface area (Å²) in [5.41, 5.74) is 3.93. The van der Waals surface area contributed by atoms with Gasteiger partial charge in [-0.05, 0) is 41.7 Å². The number of hydrogen-bond acceptors (Lipinski definition) is 4. The van der Waals surface area contributed by atoms with Gasteiger partial charge in [-0.2, -0.15) is 0 Å². The van der Waals surface area contributed by atoms with E-state index in [0.29, 0.717) is 18.5 Å². The Kier molecular flexibility index (Phi) is 5.91. The number of carbonyl (C=O) groups excluding carboxylic acids is 2. The highest BCUT2D eigenvalue weighted by Gasteiger charge is 2.42. The Morgan fingerprint density at radius 3 is 2.22 bits per heavy atom. The molecule has 0 aliphatic carbocycles. The maximum absolute atomic E-state index is 12.8. The van der Waals surface area contributed by atoms with Gasteiger partial charge in [0.1, 0.15) is 0 Å². The summed E-state index contributed by atoms with van der Waals surface area (Å²) in [6.07, 6.45) is 1.67. The van der Waals surface area contributed by atoms with E-state index in [9.17, 15) is 14.7 Å². The third-order valence-corrected chi connectivity index (χ3v) is 5.03. The first kappa shape index (κ1) is 19.1. The number of esters is 1. The van der Waals surface area contributed by atoms with Crippen LogP contribution in [0.1, 0.15) is 35.7 Å². The molecule has 1 fully saturated rings. The van der Waals surface area contributed by atoms with Crippen LogP contribution in [0.4, 0.5) is 0 Å². The van der Waals surface area contributed by atoms with Crippen LogP contribution < -0.4 is 0 Å². The number of aliphatic hydroxyl groups excluding tert-OH is 1. The van der Waals surface area contributed by atoms with Crippen LogP contribution in [-0.2, 0) is 16.0 Å². The molecular formula is C22H25NO4. The van der Waals surface area contributed by atoms with Gasteiger partial charge in [0, 0.05) is 12.1 Å². The van der Waals surface area contributed by atoms with E-state index in [2.05, 4.69) is 31.2 Å². The number of hydrogen-bond donors (Lipinski definition) is 1. The zero-order chi connectivity index (χ0) is 19.4. The smallest absolute Gasteiger partial charge is 0.331 e. The molecule has 1 N–H and O–H groups in total. The summed E-state index contributed by atoms with van der Waals surface area (Å²) >= 11 is 0. The molecular weight excluding hydrogens is 342 g/mol. The first-order chi connectivity index (χ1) is 13.0. The monoisotopic (exact) mass is 367 g/mol. The number of amides is 1. The lowest BCUT2D eigenvalue weighted by molar-refractivity contribution is -0.147. The van der Waals surface area contributed by atoms with Gasteiger partial charge < -0.3 is 14.7 Å². The van der Waals surface area contributed by atoms with E-state index >= 15 is 0 Å². The lowest BCUT2D eigenvalue weighted by atomic mass is 10.0. The first-order valence-electron chi connectivity index (χ1n) is 9.31. The normalized spacial score (nSPS) is 19.1. The fraction of sp³-hybridized carbons (Fsp3) is 0.364. The van der Waals surface area contributed by atoms with Crippen molar-refractivity contribution in [3.8, 4) is 11.1 Å². The van der Waals surface area contributed by atoms with Gasteiger partial charge in [0.25, 0.3) is 5.91 Å². The molecule has 0 saturated carbocycles. The summed E-state index contributed by atoms with van der Waals surface area (Å²) in [5, 5.41) is 10.0. The molecule has 5 heteroatoms. The lowest BCUT2D eigenvalue weighted by Crippen LogP contribution is -2.45. The largest absolute Gasteiger partial charge is 0.467 e. The van der Waals surface area contributed by atoms with E-state index in [1.807, 2.05) is 12.1 Å². The second-order valence-electron chi connectivity index (χ2n) is 6.85. The van der Waals surface area contributed by atoms with Crippen molar-refractivity contribution < 1.29 is 19.4 Å². The number of likely N-dealkylation sites (tertiary alicyclic amines) is 1. The summed E-state index contributed by atoms with van der Waals surface area (Å²) in [7, 11) is 1.26. The molecule has 2 aromatic rings. The molecule has 1 aliphatic rings. The van der Waals surface area contributed by atoms with Gasteiger partial charge in [-0.1, -0.05) is 49.7 Å². The molecule has 2 atom stereocenters. The van der Waals surface area contributed by atoms with Crippen molar-refractivity contribution in [3.05, 3.63) is 59.7 Å². The van der Waals surface area contributed by atoms with E-state index in [0.717, 1.165) is 24.0 Å². The molecule has 1 amide bonds. The minimum atomic E-state index is -0.937. The molecule has 1 heterocycles. The van der Waals surface area contributed by atoms with Gasteiger partial charge in [0.2, 0.25) is 0 Å². The summed E-state index contributed by atoms with van der Waals surface area (Å²) < 4.78 is 4.73. The molecule has 1 saturated heterocycles. The molecule has 0 aromatic heterocycles. The Morgan fingerprint density at radius 2 is 1.67 bits per heavy atom. The standard InChI is InChI=1S/C22H25NO4/c1-3-4-15-5-7-16(8-6-15)17-9-11-18(12-10-17)21(25)23-14-13-19(24)20(23)22(26)27-2/h5-12,19-20,24H,3-4,13-14H2,1-2H3/t19-,20+/m1/s1. The molecule has 27 heavy (non-hydrogen) atoms. The maximum Gasteiger partial charge on any atom is 0.331 e. The Morgan fingerprint density at radius 1 is 1.07 bits per heavy atom. The third kappa shape index (κ3) is 4.03. The second-order valence-corrected chi connectivity index (χ2v) is 6.85. The van der Waals surface area contributed by atoms with Crippen LogP contribution in [0.3, 0.4) is 0 Å². The number of ether oxygens (including phenoxy) is 1. The predicted octanol–water partition coefficient (Wildman–Crippen LogP) is 3.05. The van der Waals surface area contributed by atoms with Crippen LogP contribution in [-0.4, -0.2) is 47.7 Å². The fourth-order valence-corrected chi connectivity index (χ4v) is 3.53. The number of methoxy groups -OCH3 is 1. The molecule has 5 nitrogen and oxygen atoms in total. The van der Waals surface area contributed by atoms with Gasteiger partial charge >= 0.3 is 5.97 Å². The number of aliphatic hydroxyl groups is 1. The highest BCUT2D eigenvalue weighted by Crippen LogP contribution is 2.24. The summed E-state index contributed by atoms with van der Waals surface area (Å²) in [6, 6.07) is 14.8. The van der Waals surface area contributed by atoms with Crippen LogP contribution in [0.5, 0.6) is 0 Å². The number of carbonyl (C=O) groups is 2. The van der Waals surface area contributed by atoms with Gasteiger partial charge in [-0.3, -0.25) is 4.79 Å². The molecule has 0 spiro atoms. The molecule has 0 bridgehead atoms. The van der Waals surface area contributed by atoms with Crippen molar-refractivity contribution in [3.63, 3.8) is 0 Å². The quantitative estimate of drug-likeness (QED) is 0.825. The van der Waals surface area contributed by atoms with E-state index in [1.165, 1.54) is 17.6 Å². The van der Waals surface area contributed by atoms with E-state index < -0.39 is 18.1 Å². The van der Waals surface area contributed by atoms with Crippen LogP contribution >= 0.6 is 0 Å². The predicted molar refractivity (Wildman–Crippen MR) is 103 cm³/mol. The number of aryl methyl sites for hydroxylation is 1. The van der Waals surface area contributed by atoms with Crippen molar-refractivity contribution in [1.29, 1.82) is 0 Å². The van der Waals surface area contributed by atoms with E-state index in [1.54, 1.807) is 12.1 Å². The zero-order valence-electron chi connectivity index (χ0n) is 15.7. The molecule has 0 unspecified atom stereocenters. The Labute approximate surface area is 159 Å². The van der Waals surface area contributed by atoms with Gasteiger partial charge in [-0.15, -0.1) is 0 Å². The van der Waals surface area contributed by atoms with Crippen LogP contribution in [0, 0.1) is 0 Å². The van der Waals surface area contributed by atoms with Gasteiger partial charge in [-0.25, -0.2) is 4.79 Å². The average molecular weight is 367 g/mol. The SMILES string of the molecule is CCCc1ccc(-c2ccc(C(=O)N3CC[C@@H](O)[C@H]3C(=O)OC)cc2)cc1. The van der Waals surface area contributed by atoms with E-state index in [4.69, 9.17) is 4.74 Å². The number of nitrogens with zero attached hydrogens (tertiary/aromatic N) is 1. The highest BCUT2D eigenvalue weighted by molar-refractivity contribution is 5.97. The van der Waals surface area contributed by atoms with Gasteiger partial charge in [0.15, 0.2) is 6.04 Å².